The van der Waals surface area contributed by atoms with Crippen LogP contribution in [0.5, 0.6) is 0 Å². The van der Waals surface area contributed by atoms with Crippen molar-refractivity contribution >= 4 is 31.9 Å². The molecular formula is C14H19BrN2O3S. The van der Waals surface area contributed by atoms with E-state index in [1.807, 2.05) is 12.1 Å². The third kappa shape index (κ3) is 4.05. The second kappa shape index (κ2) is 6.46. The van der Waals surface area contributed by atoms with E-state index in [-0.39, 0.29) is 11.9 Å². The van der Waals surface area contributed by atoms with Crippen LogP contribution >= 0.6 is 15.9 Å². The number of carbonyl (C=O) groups excluding carboxylic acids is 1. The van der Waals surface area contributed by atoms with Gasteiger partial charge in [0.05, 0.1) is 6.26 Å². The second-order valence-corrected chi connectivity index (χ2v) is 8.27. The highest BCUT2D eigenvalue weighted by Crippen LogP contribution is 2.20. The van der Waals surface area contributed by atoms with E-state index in [9.17, 15) is 13.2 Å². The van der Waals surface area contributed by atoms with Crippen LogP contribution in [0.2, 0.25) is 0 Å². The average Bonchev–Trinajstić information content (AvgIpc) is 2.46. The molecule has 116 valence electrons. The van der Waals surface area contributed by atoms with Crippen molar-refractivity contribution in [2.24, 2.45) is 0 Å². The van der Waals surface area contributed by atoms with E-state index in [1.165, 1.54) is 10.6 Å². The maximum Gasteiger partial charge on any atom is 0.253 e. The lowest BCUT2D eigenvalue weighted by atomic mass is 10.0. The number of hydrogen-bond acceptors (Lipinski definition) is 3. The molecule has 1 heterocycles. The van der Waals surface area contributed by atoms with Gasteiger partial charge in [-0.2, -0.15) is 0 Å². The lowest BCUT2D eigenvalue weighted by Gasteiger charge is -2.35. The molecule has 7 heteroatoms. The maximum atomic E-state index is 12.4. The first-order valence-corrected chi connectivity index (χ1v) is 9.41. The molecule has 21 heavy (non-hydrogen) atoms. The molecule has 1 fully saturated rings. The normalized spacial score (nSPS) is 17.2. The number of piperidine rings is 1. The molecule has 5 nitrogen and oxygen atoms in total. The molecule has 1 aliphatic heterocycles. The van der Waals surface area contributed by atoms with Gasteiger partial charge in [-0.05, 0) is 37.1 Å². The van der Waals surface area contributed by atoms with Gasteiger partial charge in [0.25, 0.3) is 5.91 Å². The number of nitrogens with zero attached hydrogens (tertiary/aromatic N) is 2. The van der Waals surface area contributed by atoms with Gasteiger partial charge in [-0.3, -0.25) is 4.79 Å². The van der Waals surface area contributed by atoms with Crippen molar-refractivity contribution in [2.75, 3.05) is 26.4 Å². The molecule has 0 atom stereocenters. The topological polar surface area (TPSA) is 57.7 Å². The fraction of sp³-hybridized carbons (Fsp3) is 0.500. The molecule has 0 N–H and O–H groups in total. The molecule has 0 saturated carbocycles. The van der Waals surface area contributed by atoms with Gasteiger partial charge < -0.3 is 4.90 Å². The molecule has 1 amide bonds. The van der Waals surface area contributed by atoms with E-state index < -0.39 is 10.0 Å². The lowest BCUT2D eigenvalue weighted by Crippen LogP contribution is -2.47. The number of carbonyl (C=O) groups is 1. The highest BCUT2D eigenvalue weighted by molar-refractivity contribution is 9.10. The minimum Gasteiger partial charge on any atom is -0.339 e. The number of sulfonamides is 1. The maximum absolute atomic E-state index is 12.4. The standard InChI is InChI=1S/C14H19BrN2O3S/c1-16(21(2,19)20)13-7-9-17(10-8-13)14(18)11-3-5-12(15)6-4-11/h3-6,13H,7-10H2,1-2H3. The summed E-state index contributed by atoms with van der Waals surface area (Å²) in [5, 5.41) is 0. The number of likely N-dealkylation sites (tertiary alicyclic amines) is 1. The number of amides is 1. The van der Waals surface area contributed by atoms with E-state index in [0.717, 1.165) is 4.47 Å². The summed E-state index contributed by atoms with van der Waals surface area (Å²) in [5.41, 5.74) is 0.660. The van der Waals surface area contributed by atoms with Crippen molar-refractivity contribution < 1.29 is 13.2 Å². The first-order chi connectivity index (χ1) is 9.79. The summed E-state index contributed by atoms with van der Waals surface area (Å²) in [6.07, 6.45) is 2.56. The predicted molar refractivity (Wildman–Crippen MR) is 85.7 cm³/mol. The van der Waals surface area contributed by atoms with Crippen molar-refractivity contribution in [1.82, 2.24) is 9.21 Å². The van der Waals surface area contributed by atoms with Crippen molar-refractivity contribution in [2.45, 2.75) is 18.9 Å². The van der Waals surface area contributed by atoms with E-state index in [4.69, 9.17) is 0 Å². The molecule has 1 aromatic carbocycles. The number of rotatable bonds is 3. The van der Waals surface area contributed by atoms with Gasteiger partial charge in [0.2, 0.25) is 10.0 Å². The van der Waals surface area contributed by atoms with Crippen molar-refractivity contribution in [3.63, 3.8) is 0 Å². The zero-order valence-electron chi connectivity index (χ0n) is 12.1. The molecule has 0 aliphatic carbocycles. The molecule has 0 aromatic heterocycles. The molecular weight excluding hydrogens is 356 g/mol. The molecule has 0 spiro atoms. The van der Waals surface area contributed by atoms with E-state index >= 15 is 0 Å². The Morgan fingerprint density at radius 1 is 1.24 bits per heavy atom. The lowest BCUT2D eigenvalue weighted by molar-refractivity contribution is 0.0686. The predicted octanol–water partition coefficient (Wildman–Crippen LogP) is 1.95. The SMILES string of the molecule is CN(C1CCN(C(=O)c2ccc(Br)cc2)CC1)S(C)(=O)=O. The Balaban J connectivity index is 1.98. The Morgan fingerprint density at radius 3 is 2.24 bits per heavy atom. The summed E-state index contributed by atoms with van der Waals surface area (Å²) < 4.78 is 25.4. The zero-order chi connectivity index (χ0) is 15.6. The monoisotopic (exact) mass is 374 g/mol. The van der Waals surface area contributed by atoms with Gasteiger partial charge in [0.1, 0.15) is 0 Å². The Kier molecular flexibility index (Phi) is 5.06. The molecule has 2 rings (SSSR count). The van der Waals surface area contributed by atoms with Crippen molar-refractivity contribution in [1.29, 1.82) is 0 Å². The molecule has 0 radical (unpaired) electrons. The minimum absolute atomic E-state index is 0.00274. The van der Waals surface area contributed by atoms with Crippen LogP contribution in [0.3, 0.4) is 0 Å². The van der Waals surface area contributed by atoms with Gasteiger partial charge in [0.15, 0.2) is 0 Å². The highest BCUT2D eigenvalue weighted by Gasteiger charge is 2.29. The van der Waals surface area contributed by atoms with Crippen LogP contribution in [0.15, 0.2) is 28.7 Å². The molecule has 1 saturated heterocycles. The smallest absolute Gasteiger partial charge is 0.253 e. The van der Waals surface area contributed by atoms with Crippen molar-refractivity contribution in [3.05, 3.63) is 34.3 Å². The number of benzene rings is 1. The van der Waals surface area contributed by atoms with Crippen LogP contribution in [-0.4, -0.2) is 56.0 Å². The van der Waals surface area contributed by atoms with Crippen molar-refractivity contribution in [3.8, 4) is 0 Å². The van der Waals surface area contributed by atoms with Crippen LogP contribution in [0.1, 0.15) is 23.2 Å². The number of hydrogen-bond donors (Lipinski definition) is 0. The molecule has 1 aromatic rings. The Morgan fingerprint density at radius 2 is 1.76 bits per heavy atom. The molecule has 1 aliphatic rings. The minimum atomic E-state index is -3.17. The summed E-state index contributed by atoms with van der Waals surface area (Å²) >= 11 is 3.35. The largest absolute Gasteiger partial charge is 0.339 e. The Hall–Kier alpha value is -0.920. The first kappa shape index (κ1) is 16.5. The quantitative estimate of drug-likeness (QED) is 0.812. The number of halogens is 1. The molecule has 0 unspecified atom stereocenters. The Bertz CT molecular complexity index is 608. The van der Waals surface area contributed by atoms with Crippen LogP contribution in [0.4, 0.5) is 0 Å². The van der Waals surface area contributed by atoms with E-state index in [1.54, 1.807) is 24.1 Å². The zero-order valence-corrected chi connectivity index (χ0v) is 14.5. The summed E-state index contributed by atoms with van der Waals surface area (Å²) in [4.78, 5) is 14.2. The second-order valence-electron chi connectivity index (χ2n) is 5.31. The molecule has 0 bridgehead atoms. The van der Waals surface area contributed by atoms with E-state index in [2.05, 4.69) is 15.9 Å². The van der Waals surface area contributed by atoms with Gasteiger partial charge in [-0.25, -0.2) is 12.7 Å². The summed E-state index contributed by atoms with van der Waals surface area (Å²) in [6.45, 7) is 1.17. The Labute approximate surface area is 134 Å². The summed E-state index contributed by atoms with van der Waals surface area (Å²) in [7, 11) is -1.57. The van der Waals surface area contributed by atoms with Crippen LogP contribution < -0.4 is 0 Å². The van der Waals surface area contributed by atoms with Crippen LogP contribution in [0, 0.1) is 0 Å². The van der Waals surface area contributed by atoms with Gasteiger partial charge in [-0.1, -0.05) is 15.9 Å². The van der Waals surface area contributed by atoms with Gasteiger partial charge in [0, 0.05) is 36.2 Å². The van der Waals surface area contributed by atoms with E-state index in [0.29, 0.717) is 31.5 Å². The average molecular weight is 375 g/mol. The van der Waals surface area contributed by atoms with Crippen LogP contribution in [0.25, 0.3) is 0 Å². The van der Waals surface area contributed by atoms with Gasteiger partial charge >= 0.3 is 0 Å². The third-order valence-corrected chi connectivity index (χ3v) is 5.75. The fourth-order valence-electron chi connectivity index (χ4n) is 2.48. The van der Waals surface area contributed by atoms with Gasteiger partial charge in [-0.15, -0.1) is 0 Å². The highest BCUT2D eigenvalue weighted by atomic mass is 79.9. The summed E-state index contributed by atoms with van der Waals surface area (Å²) in [6, 6.07) is 7.26. The third-order valence-electron chi connectivity index (χ3n) is 3.88. The first-order valence-electron chi connectivity index (χ1n) is 6.77. The van der Waals surface area contributed by atoms with Crippen LogP contribution in [-0.2, 0) is 10.0 Å². The summed E-state index contributed by atoms with van der Waals surface area (Å²) in [5.74, 6) is 0.00274. The fourth-order valence-corrected chi connectivity index (χ4v) is 3.50.